The number of amides is 1. The number of aromatic amines is 1. The minimum absolute atomic E-state index is 0.0134. The first-order valence-corrected chi connectivity index (χ1v) is 12.0. The number of sulfone groups is 1. The van der Waals surface area contributed by atoms with E-state index in [0.717, 1.165) is 40.3 Å². The highest BCUT2D eigenvalue weighted by molar-refractivity contribution is 7.99. The van der Waals surface area contributed by atoms with Crippen LogP contribution < -0.4 is 10.9 Å². The van der Waals surface area contributed by atoms with Gasteiger partial charge in [0, 0.05) is 5.69 Å². The second-order valence-corrected chi connectivity index (χ2v) is 10.2. The van der Waals surface area contributed by atoms with E-state index in [1.807, 2.05) is 39.0 Å². The van der Waals surface area contributed by atoms with E-state index in [0.29, 0.717) is 5.56 Å². The molecule has 0 aliphatic rings. The Labute approximate surface area is 185 Å². The van der Waals surface area contributed by atoms with Crippen LogP contribution in [0.25, 0.3) is 0 Å². The first-order valence-electron chi connectivity index (χ1n) is 9.49. The zero-order chi connectivity index (χ0) is 22.8. The molecule has 7 nitrogen and oxygen atoms in total. The summed E-state index contributed by atoms with van der Waals surface area (Å²) in [4.78, 5) is 30.9. The van der Waals surface area contributed by atoms with Gasteiger partial charge < -0.3 is 10.3 Å². The van der Waals surface area contributed by atoms with Crippen molar-refractivity contribution in [3.63, 3.8) is 0 Å². The third kappa shape index (κ3) is 5.23. The van der Waals surface area contributed by atoms with Crippen LogP contribution in [0.15, 0.2) is 62.3 Å². The lowest BCUT2D eigenvalue weighted by atomic mass is 10.1. The van der Waals surface area contributed by atoms with Crippen LogP contribution >= 0.6 is 11.8 Å². The van der Waals surface area contributed by atoms with Crippen molar-refractivity contribution in [2.45, 2.75) is 42.6 Å². The van der Waals surface area contributed by atoms with Gasteiger partial charge in [0.25, 0.3) is 5.56 Å². The minimum atomic E-state index is -4.01. The summed E-state index contributed by atoms with van der Waals surface area (Å²) in [6.45, 7) is 7.38. The Morgan fingerprint density at radius 3 is 2.35 bits per heavy atom. The van der Waals surface area contributed by atoms with Gasteiger partial charge in [-0.05, 0) is 56.5 Å². The molecule has 0 fully saturated rings. The number of hydrogen-bond acceptors (Lipinski definition) is 6. The maximum atomic E-state index is 12.9. The summed E-state index contributed by atoms with van der Waals surface area (Å²) in [6, 6.07) is 10.7. The van der Waals surface area contributed by atoms with Gasteiger partial charge in [-0.1, -0.05) is 41.6 Å². The van der Waals surface area contributed by atoms with E-state index >= 15 is 0 Å². The highest BCUT2D eigenvalue weighted by Gasteiger charge is 2.24. The number of thioether (sulfide) groups is 1. The van der Waals surface area contributed by atoms with E-state index in [2.05, 4.69) is 15.3 Å². The number of carbonyl (C=O) groups is 1. The smallest absolute Gasteiger partial charge is 0.270 e. The topological polar surface area (TPSA) is 109 Å². The van der Waals surface area contributed by atoms with Crippen LogP contribution in [0.3, 0.4) is 0 Å². The Hall–Kier alpha value is -2.91. The molecule has 31 heavy (non-hydrogen) atoms. The van der Waals surface area contributed by atoms with Gasteiger partial charge in [-0.15, -0.1) is 0 Å². The first kappa shape index (κ1) is 22.8. The van der Waals surface area contributed by atoms with Crippen molar-refractivity contribution < 1.29 is 13.2 Å². The summed E-state index contributed by atoms with van der Waals surface area (Å²) in [7, 11) is -4.01. The maximum absolute atomic E-state index is 12.9. The number of aryl methyl sites for hydroxylation is 4. The summed E-state index contributed by atoms with van der Waals surface area (Å²) in [5.41, 5.74) is 3.40. The molecule has 0 spiro atoms. The van der Waals surface area contributed by atoms with Crippen molar-refractivity contribution in [1.82, 2.24) is 9.97 Å². The molecule has 162 valence electrons. The Balaban J connectivity index is 1.74. The molecule has 0 unspecified atom stereocenters. The van der Waals surface area contributed by atoms with Gasteiger partial charge in [-0.2, -0.15) is 0 Å². The zero-order valence-corrected chi connectivity index (χ0v) is 19.3. The third-order valence-electron chi connectivity index (χ3n) is 4.66. The fourth-order valence-electron chi connectivity index (χ4n) is 3.04. The normalized spacial score (nSPS) is 11.4. The number of anilines is 1. The fraction of sp³-hybridized carbons (Fsp3) is 0.227. The predicted octanol–water partition coefficient (Wildman–Crippen LogP) is 3.57. The second kappa shape index (κ2) is 9.07. The Kier molecular flexibility index (Phi) is 6.66. The van der Waals surface area contributed by atoms with Crippen LogP contribution in [0, 0.1) is 27.7 Å². The average Bonchev–Trinajstić information content (AvgIpc) is 2.68. The average molecular weight is 458 g/mol. The van der Waals surface area contributed by atoms with Gasteiger partial charge in [0.15, 0.2) is 10.1 Å². The lowest BCUT2D eigenvalue weighted by molar-refractivity contribution is -0.113. The number of H-pyrrole nitrogens is 1. The second-order valence-electron chi connectivity index (χ2n) is 7.31. The summed E-state index contributed by atoms with van der Waals surface area (Å²) in [5, 5.41) is 3.00. The number of nitrogens with zero attached hydrogens (tertiary/aromatic N) is 1. The molecule has 1 aromatic heterocycles. The van der Waals surface area contributed by atoms with E-state index in [4.69, 9.17) is 0 Å². The van der Waals surface area contributed by atoms with Crippen LogP contribution in [0.2, 0.25) is 0 Å². The molecule has 9 heteroatoms. The van der Waals surface area contributed by atoms with Crippen molar-refractivity contribution in [3.8, 4) is 0 Å². The maximum Gasteiger partial charge on any atom is 0.270 e. The molecule has 0 aliphatic heterocycles. The highest BCUT2D eigenvalue weighted by atomic mass is 32.2. The molecule has 0 aliphatic carbocycles. The lowest BCUT2D eigenvalue weighted by Crippen LogP contribution is -2.20. The van der Waals surface area contributed by atoms with Crippen LogP contribution in [-0.4, -0.2) is 30.0 Å². The molecule has 2 aromatic carbocycles. The van der Waals surface area contributed by atoms with E-state index in [1.165, 1.54) is 6.07 Å². The fourth-order valence-corrected chi connectivity index (χ4v) is 5.13. The van der Waals surface area contributed by atoms with Gasteiger partial charge in [0.1, 0.15) is 0 Å². The van der Waals surface area contributed by atoms with Crippen molar-refractivity contribution in [2.75, 3.05) is 11.1 Å². The van der Waals surface area contributed by atoms with Gasteiger partial charge >= 0.3 is 0 Å². The number of rotatable bonds is 6. The van der Waals surface area contributed by atoms with Crippen LogP contribution in [0.5, 0.6) is 0 Å². The van der Waals surface area contributed by atoms with Crippen LogP contribution in [0.1, 0.15) is 22.3 Å². The van der Waals surface area contributed by atoms with Gasteiger partial charge in [0.05, 0.1) is 16.8 Å². The Morgan fingerprint density at radius 2 is 1.68 bits per heavy atom. The van der Waals surface area contributed by atoms with Gasteiger partial charge in [-0.25, -0.2) is 13.4 Å². The monoisotopic (exact) mass is 457 g/mol. The molecule has 2 N–H and O–H groups in total. The Morgan fingerprint density at radius 1 is 1.00 bits per heavy atom. The zero-order valence-electron chi connectivity index (χ0n) is 17.6. The molecule has 3 aromatic rings. The molecule has 0 radical (unpaired) electrons. The molecule has 0 bridgehead atoms. The van der Waals surface area contributed by atoms with E-state index in [-0.39, 0.29) is 21.7 Å². The summed E-state index contributed by atoms with van der Waals surface area (Å²) in [5.74, 6) is -0.243. The van der Waals surface area contributed by atoms with Gasteiger partial charge in [0.2, 0.25) is 15.7 Å². The van der Waals surface area contributed by atoms with Crippen molar-refractivity contribution in [2.24, 2.45) is 0 Å². The summed E-state index contributed by atoms with van der Waals surface area (Å²) >= 11 is 1.02. The third-order valence-corrected chi connectivity index (χ3v) is 7.45. The van der Waals surface area contributed by atoms with Crippen molar-refractivity contribution >= 4 is 33.2 Å². The highest BCUT2D eigenvalue weighted by Crippen LogP contribution is 2.23. The molecule has 0 saturated carbocycles. The number of nitrogens with one attached hydrogen (secondary N) is 2. The number of benzene rings is 2. The summed E-state index contributed by atoms with van der Waals surface area (Å²) < 4.78 is 25.8. The molecule has 0 atom stereocenters. The SMILES string of the molecule is Cc1ccc(S(=O)(=O)c2cnc(SCC(=O)Nc3cc(C)ccc3C)[nH]c2=O)c(C)c1. The summed E-state index contributed by atoms with van der Waals surface area (Å²) in [6.07, 6.45) is 1.04. The van der Waals surface area contributed by atoms with E-state index in [9.17, 15) is 18.0 Å². The quantitative estimate of drug-likeness (QED) is 0.433. The van der Waals surface area contributed by atoms with Crippen LogP contribution in [0.4, 0.5) is 5.69 Å². The molecular formula is C22H23N3O4S2. The van der Waals surface area contributed by atoms with Crippen molar-refractivity contribution in [3.05, 3.63) is 75.2 Å². The standard InChI is InChI=1S/C22H23N3O4S2/c1-13-6-8-18(16(4)9-13)31(28,29)19-11-23-22(25-21(19)27)30-12-20(26)24-17-10-14(2)5-7-15(17)3/h5-11H,12H2,1-4H3,(H,24,26)(H,23,25,27). The van der Waals surface area contributed by atoms with Crippen molar-refractivity contribution in [1.29, 1.82) is 0 Å². The molecule has 1 heterocycles. The van der Waals surface area contributed by atoms with E-state index in [1.54, 1.807) is 19.1 Å². The first-order chi connectivity index (χ1) is 14.6. The minimum Gasteiger partial charge on any atom is -0.325 e. The number of aromatic nitrogens is 2. The molecule has 3 rings (SSSR count). The molecule has 0 saturated heterocycles. The number of hydrogen-bond donors (Lipinski definition) is 2. The Bertz CT molecular complexity index is 1310. The molecular weight excluding hydrogens is 434 g/mol. The molecule has 1 amide bonds. The van der Waals surface area contributed by atoms with Crippen LogP contribution in [-0.2, 0) is 14.6 Å². The van der Waals surface area contributed by atoms with Gasteiger partial charge in [-0.3, -0.25) is 9.59 Å². The van der Waals surface area contributed by atoms with E-state index < -0.39 is 20.3 Å². The predicted molar refractivity (Wildman–Crippen MR) is 121 cm³/mol. The number of carbonyl (C=O) groups excluding carboxylic acids is 1. The largest absolute Gasteiger partial charge is 0.325 e. The lowest BCUT2D eigenvalue weighted by Gasteiger charge is -2.10.